The SMILES string of the molecule is [N-]=C=CC(=O)c1ccccn1. The fourth-order valence-electron chi connectivity index (χ4n) is 0.641. The predicted molar refractivity (Wildman–Crippen MR) is 41.5 cm³/mol. The van der Waals surface area contributed by atoms with Crippen LogP contribution in [-0.4, -0.2) is 16.6 Å². The van der Waals surface area contributed by atoms with Crippen molar-refractivity contribution in [2.45, 2.75) is 0 Å². The standard InChI is InChI=1S/C8H5N2O/c9-5-4-8(11)7-3-1-2-6-10-7/h1-4,6H/q-1. The van der Waals surface area contributed by atoms with E-state index in [-0.39, 0.29) is 5.78 Å². The van der Waals surface area contributed by atoms with Crippen molar-refractivity contribution in [3.05, 3.63) is 41.6 Å². The first-order valence-electron chi connectivity index (χ1n) is 3.03. The van der Waals surface area contributed by atoms with E-state index in [2.05, 4.69) is 4.98 Å². The molecule has 3 heteroatoms. The van der Waals surface area contributed by atoms with E-state index in [1.807, 2.05) is 0 Å². The Morgan fingerprint density at radius 2 is 2.45 bits per heavy atom. The summed E-state index contributed by atoms with van der Waals surface area (Å²) < 4.78 is 0. The Balaban J connectivity index is 2.94. The second-order valence-corrected chi connectivity index (χ2v) is 1.85. The zero-order valence-corrected chi connectivity index (χ0v) is 5.69. The lowest BCUT2D eigenvalue weighted by atomic mass is 10.2. The van der Waals surface area contributed by atoms with Gasteiger partial charge in [0.1, 0.15) is 5.69 Å². The number of rotatable bonds is 2. The number of nitrogens with zero attached hydrogens (tertiary/aromatic N) is 2. The van der Waals surface area contributed by atoms with Crippen LogP contribution < -0.4 is 0 Å². The van der Waals surface area contributed by atoms with Gasteiger partial charge in [0.05, 0.1) is 0 Å². The van der Waals surface area contributed by atoms with Gasteiger partial charge in [0.15, 0.2) is 0 Å². The summed E-state index contributed by atoms with van der Waals surface area (Å²) in [5.41, 5.74) is 0.300. The van der Waals surface area contributed by atoms with Gasteiger partial charge in [0.2, 0.25) is 5.78 Å². The molecule has 0 radical (unpaired) electrons. The molecule has 1 heterocycles. The van der Waals surface area contributed by atoms with Crippen LogP contribution in [-0.2, 0) is 0 Å². The first-order valence-corrected chi connectivity index (χ1v) is 3.03. The minimum Gasteiger partial charge on any atom is -0.763 e. The third-order valence-electron chi connectivity index (χ3n) is 1.11. The highest BCUT2D eigenvalue weighted by Crippen LogP contribution is 1.94. The third kappa shape index (κ3) is 1.85. The van der Waals surface area contributed by atoms with Crippen LogP contribution in [0.25, 0.3) is 5.41 Å². The van der Waals surface area contributed by atoms with E-state index < -0.39 is 0 Å². The summed E-state index contributed by atoms with van der Waals surface area (Å²) in [6, 6.07) is 4.98. The maximum atomic E-state index is 10.9. The van der Waals surface area contributed by atoms with E-state index in [0.717, 1.165) is 6.08 Å². The van der Waals surface area contributed by atoms with Crippen molar-refractivity contribution < 1.29 is 4.79 Å². The molecule has 3 nitrogen and oxygen atoms in total. The summed E-state index contributed by atoms with van der Waals surface area (Å²) in [4.78, 5) is 14.7. The number of allylic oxidation sites excluding steroid dienone is 1. The van der Waals surface area contributed by atoms with Gasteiger partial charge in [-0.25, -0.2) is 0 Å². The smallest absolute Gasteiger partial charge is 0.209 e. The van der Waals surface area contributed by atoms with Crippen molar-refractivity contribution in [2.75, 3.05) is 0 Å². The van der Waals surface area contributed by atoms with Gasteiger partial charge in [-0.3, -0.25) is 15.6 Å². The molecule has 0 unspecified atom stereocenters. The van der Waals surface area contributed by atoms with Crippen LogP contribution in [0.15, 0.2) is 30.5 Å². The molecule has 0 saturated heterocycles. The molecule has 54 valence electrons. The van der Waals surface area contributed by atoms with E-state index in [0.29, 0.717) is 5.69 Å². The third-order valence-corrected chi connectivity index (χ3v) is 1.11. The minimum absolute atomic E-state index is 0.300. The van der Waals surface area contributed by atoms with Crippen LogP contribution in [0.2, 0.25) is 0 Å². The quantitative estimate of drug-likeness (QED) is 0.355. The van der Waals surface area contributed by atoms with Crippen molar-refractivity contribution in [3.63, 3.8) is 0 Å². The molecule has 0 spiro atoms. The Labute approximate surface area is 63.9 Å². The van der Waals surface area contributed by atoms with Gasteiger partial charge in [-0.1, -0.05) is 6.07 Å². The maximum absolute atomic E-state index is 10.9. The molecule has 11 heavy (non-hydrogen) atoms. The van der Waals surface area contributed by atoms with Crippen molar-refractivity contribution >= 4 is 11.7 Å². The summed E-state index contributed by atoms with van der Waals surface area (Å²) in [5, 5.41) is 8.14. The Morgan fingerprint density at radius 1 is 1.64 bits per heavy atom. The Kier molecular flexibility index (Phi) is 2.31. The number of hydrogen-bond donors (Lipinski definition) is 0. The van der Waals surface area contributed by atoms with Crippen LogP contribution in [0.3, 0.4) is 0 Å². The minimum atomic E-state index is -0.354. The van der Waals surface area contributed by atoms with Gasteiger partial charge in [-0.15, -0.1) is 0 Å². The van der Waals surface area contributed by atoms with E-state index in [9.17, 15) is 4.79 Å². The molecule has 1 aromatic heterocycles. The van der Waals surface area contributed by atoms with Gasteiger partial charge in [0, 0.05) is 12.3 Å². The number of hydrogen-bond acceptors (Lipinski definition) is 2. The van der Waals surface area contributed by atoms with Crippen LogP contribution >= 0.6 is 0 Å². The average Bonchev–Trinajstić information content (AvgIpc) is 2.07. The van der Waals surface area contributed by atoms with Crippen LogP contribution in [0.4, 0.5) is 0 Å². The topological polar surface area (TPSA) is 52.3 Å². The summed E-state index contributed by atoms with van der Waals surface area (Å²) in [5.74, 6) is 1.30. The van der Waals surface area contributed by atoms with Gasteiger partial charge >= 0.3 is 0 Å². The summed E-state index contributed by atoms with van der Waals surface area (Å²) in [7, 11) is 0. The fourth-order valence-corrected chi connectivity index (χ4v) is 0.641. The van der Waals surface area contributed by atoms with Crippen molar-refractivity contribution in [1.29, 1.82) is 0 Å². The molecule has 0 saturated carbocycles. The normalized spacial score (nSPS) is 8.36. The van der Waals surface area contributed by atoms with Crippen LogP contribution in [0, 0.1) is 0 Å². The van der Waals surface area contributed by atoms with Crippen molar-refractivity contribution in [3.8, 4) is 0 Å². The molecule has 0 aliphatic carbocycles. The summed E-state index contributed by atoms with van der Waals surface area (Å²) >= 11 is 0. The van der Waals surface area contributed by atoms with E-state index in [4.69, 9.17) is 5.41 Å². The van der Waals surface area contributed by atoms with Gasteiger partial charge in [-0.2, -0.15) is 0 Å². The molecule has 0 amide bonds. The molecule has 0 aliphatic heterocycles. The Bertz CT molecular complexity index is 299. The van der Waals surface area contributed by atoms with Gasteiger partial charge in [0.25, 0.3) is 0 Å². The van der Waals surface area contributed by atoms with Crippen LogP contribution in [0.5, 0.6) is 0 Å². The second-order valence-electron chi connectivity index (χ2n) is 1.85. The highest BCUT2D eigenvalue weighted by Gasteiger charge is 1.98. The average molecular weight is 145 g/mol. The lowest BCUT2D eigenvalue weighted by Gasteiger charge is -1.90. The van der Waals surface area contributed by atoms with Crippen molar-refractivity contribution in [2.24, 2.45) is 0 Å². The molecule has 0 fully saturated rings. The number of carbonyl (C=O) groups excluding carboxylic acids is 1. The molecule has 0 aromatic carbocycles. The Hall–Kier alpha value is -1.73. The van der Waals surface area contributed by atoms with Gasteiger partial charge < -0.3 is 5.41 Å². The highest BCUT2D eigenvalue weighted by molar-refractivity contribution is 6.07. The van der Waals surface area contributed by atoms with E-state index >= 15 is 0 Å². The number of aromatic nitrogens is 1. The molecule has 0 aliphatic rings. The molecular formula is C8H5N2O-. The van der Waals surface area contributed by atoms with Crippen molar-refractivity contribution in [1.82, 2.24) is 4.98 Å². The second kappa shape index (κ2) is 3.44. The zero-order valence-electron chi connectivity index (χ0n) is 5.69. The molecule has 1 rings (SSSR count). The summed E-state index contributed by atoms with van der Waals surface area (Å²) in [6.07, 6.45) is 2.45. The highest BCUT2D eigenvalue weighted by atomic mass is 16.1. The molecule has 0 atom stereocenters. The number of carbonyl (C=O) groups is 1. The Morgan fingerprint density at radius 3 is 3.00 bits per heavy atom. The maximum Gasteiger partial charge on any atom is 0.209 e. The van der Waals surface area contributed by atoms with E-state index in [1.165, 1.54) is 6.20 Å². The molecule has 0 bridgehead atoms. The summed E-state index contributed by atoms with van der Waals surface area (Å²) in [6.45, 7) is 0. The monoisotopic (exact) mass is 145 g/mol. The lowest BCUT2D eigenvalue weighted by Crippen LogP contribution is -1.96. The van der Waals surface area contributed by atoms with Crippen LogP contribution in [0.1, 0.15) is 10.5 Å². The van der Waals surface area contributed by atoms with Gasteiger partial charge in [-0.05, 0) is 12.1 Å². The molecule has 1 aromatic rings. The predicted octanol–water partition coefficient (Wildman–Crippen LogP) is 1.06. The number of pyridine rings is 1. The molecular weight excluding hydrogens is 140 g/mol. The first kappa shape index (κ1) is 7.38. The fraction of sp³-hybridized carbons (Fsp3) is 0. The number of ketones is 1. The molecule has 0 N–H and O–H groups in total. The first-order chi connectivity index (χ1) is 5.34. The zero-order chi connectivity index (χ0) is 8.10. The lowest BCUT2D eigenvalue weighted by molar-refractivity contribution is 0.104. The largest absolute Gasteiger partial charge is 0.763 e. The van der Waals surface area contributed by atoms with E-state index in [1.54, 1.807) is 24.1 Å².